The zero-order valence-electron chi connectivity index (χ0n) is 11.0. The average Bonchev–Trinajstić information content (AvgIpc) is 2.35. The highest BCUT2D eigenvalue weighted by Gasteiger charge is 2.45. The molecular formula is C12H14Cl2N2O3S. The molecule has 1 aliphatic heterocycles. The molecule has 0 unspecified atom stereocenters. The van der Waals surface area contributed by atoms with Crippen molar-refractivity contribution in [3.8, 4) is 0 Å². The molecule has 0 atom stereocenters. The van der Waals surface area contributed by atoms with Gasteiger partial charge in [-0.25, -0.2) is 8.42 Å². The highest BCUT2D eigenvalue weighted by atomic mass is 35.5. The Morgan fingerprint density at radius 2 is 1.95 bits per heavy atom. The molecule has 1 fully saturated rings. The van der Waals surface area contributed by atoms with Crippen LogP contribution in [0, 0.1) is 0 Å². The van der Waals surface area contributed by atoms with Gasteiger partial charge in [0.1, 0.15) is 10.4 Å². The van der Waals surface area contributed by atoms with Gasteiger partial charge in [0.2, 0.25) is 15.9 Å². The number of hydrogen-bond acceptors (Lipinski definition) is 3. The minimum atomic E-state index is -3.90. The topological polar surface area (TPSA) is 66.5 Å². The van der Waals surface area contributed by atoms with E-state index in [0.29, 0.717) is 0 Å². The SMILES string of the molecule is CC1(C)C(=O)NCCN1S(=O)(=O)c1cc(Cl)ccc1Cl. The van der Waals surface area contributed by atoms with Crippen LogP contribution in [-0.2, 0) is 14.8 Å². The van der Waals surface area contributed by atoms with Crippen LogP contribution in [-0.4, -0.2) is 37.3 Å². The third kappa shape index (κ3) is 2.53. The van der Waals surface area contributed by atoms with Crippen molar-refractivity contribution < 1.29 is 13.2 Å². The summed E-state index contributed by atoms with van der Waals surface area (Å²) in [6.07, 6.45) is 0. The van der Waals surface area contributed by atoms with Gasteiger partial charge in [0.15, 0.2) is 0 Å². The molecule has 0 aromatic heterocycles. The van der Waals surface area contributed by atoms with E-state index >= 15 is 0 Å². The van der Waals surface area contributed by atoms with E-state index in [0.717, 1.165) is 4.31 Å². The number of hydrogen-bond donors (Lipinski definition) is 1. The summed E-state index contributed by atoms with van der Waals surface area (Å²) < 4.78 is 26.6. The molecule has 0 bridgehead atoms. The molecule has 1 amide bonds. The van der Waals surface area contributed by atoms with Gasteiger partial charge in [-0.1, -0.05) is 23.2 Å². The van der Waals surface area contributed by atoms with E-state index in [-0.39, 0.29) is 33.9 Å². The largest absolute Gasteiger partial charge is 0.353 e. The molecule has 110 valence electrons. The third-order valence-electron chi connectivity index (χ3n) is 3.24. The van der Waals surface area contributed by atoms with Crippen molar-refractivity contribution in [3.05, 3.63) is 28.2 Å². The van der Waals surface area contributed by atoms with E-state index in [9.17, 15) is 13.2 Å². The van der Waals surface area contributed by atoms with Crippen LogP contribution in [0.4, 0.5) is 0 Å². The lowest BCUT2D eigenvalue weighted by Gasteiger charge is -2.39. The summed E-state index contributed by atoms with van der Waals surface area (Å²) in [6.45, 7) is 3.55. The van der Waals surface area contributed by atoms with E-state index in [1.54, 1.807) is 13.8 Å². The van der Waals surface area contributed by atoms with Gasteiger partial charge in [0.05, 0.1) is 5.02 Å². The van der Waals surface area contributed by atoms with Gasteiger partial charge < -0.3 is 5.32 Å². The Hall–Kier alpha value is -0.820. The smallest absolute Gasteiger partial charge is 0.245 e. The summed E-state index contributed by atoms with van der Waals surface area (Å²) in [5.41, 5.74) is -1.18. The highest BCUT2D eigenvalue weighted by Crippen LogP contribution is 2.32. The molecule has 1 aliphatic rings. The molecule has 0 saturated carbocycles. The number of rotatable bonds is 2. The number of carbonyl (C=O) groups excluding carboxylic acids is 1. The van der Waals surface area contributed by atoms with Crippen molar-refractivity contribution in [2.75, 3.05) is 13.1 Å². The summed E-state index contributed by atoms with van der Waals surface area (Å²) in [5, 5.41) is 3.00. The van der Waals surface area contributed by atoms with E-state index < -0.39 is 15.6 Å². The van der Waals surface area contributed by atoms with Crippen molar-refractivity contribution in [3.63, 3.8) is 0 Å². The number of carbonyl (C=O) groups is 1. The summed E-state index contributed by atoms with van der Waals surface area (Å²) in [6, 6.07) is 4.23. The summed E-state index contributed by atoms with van der Waals surface area (Å²) in [5.74, 6) is -0.342. The number of amides is 1. The molecule has 1 aromatic carbocycles. The molecule has 0 aliphatic carbocycles. The zero-order valence-corrected chi connectivity index (χ0v) is 13.3. The van der Waals surface area contributed by atoms with Crippen LogP contribution in [0.1, 0.15) is 13.8 Å². The lowest BCUT2D eigenvalue weighted by molar-refractivity contribution is -0.131. The van der Waals surface area contributed by atoms with E-state index in [2.05, 4.69) is 5.32 Å². The Morgan fingerprint density at radius 1 is 1.30 bits per heavy atom. The number of nitrogens with one attached hydrogen (secondary N) is 1. The van der Waals surface area contributed by atoms with Gasteiger partial charge >= 0.3 is 0 Å². The maximum absolute atomic E-state index is 12.7. The Balaban J connectivity index is 2.55. The van der Waals surface area contributed by atoms with E-state index in [1.807, 2.05) is 0 Å². The fraction of sp³-hybridized carbons (Fsp3) is 0.417. The number of nitrogens with zero attached hydrogens (tertiary/aromatic N) is 1. The number of sulfonamides is 1. The average molecular weight is 337 g/mol. The molecule has 1 saturated heterocycles. The van der Waals surface area contributed by atoms with Crippen molar-refractivity contribution in [1.82, 2.24) is 9.62 Å². The third-order valence-corrected chi connectivity index (χ3v) is 6.03. The quantitative estimate of drug-likeness (QED) is 0.896. The lowest BCUT2D eigenvalue weighted by Crippen LogP contribution is -2.63. The Bertz CT molecular complexity index is 659. The number of benzene rings is 1. The van der Waals surface area contributed by atoms with E-state index in [4.69, 9.17) is 23.2 Å². The molecule has 0 radical (unpaired) electrons. The zero-order chi connectivity index (χ0) is 15.1. The van der Waals surface area contributed by atoms with Gasteiger partial charge in [0, 0.05) is 18.1 Å². The van der Waals surface area contributed by atoms with Gasteiger partial charge in [-0.05, 0) is 32.0 Å². The van der Waals surface area contributed by atoms with Gasteiger partial charge in [0.25, 0.3) is 0 Å². The summed E-state index contributed by atoms with van der Waals surface area (Å²) in [4.78, 5) is 11.8. The van der Waals surface area contributed by atoms with Crippen LogP contribution in [0.2, 0.25) is 10.0 Å². The van der Waals surface area contributed by atoms with Gasteiger partial charge in [-0.3, -0.25) is 4.79 Å². The van der Waals surface area contributed by atoms with Crippen molar-refractivity contribution >= 4 is 39.1 Å². The Kier molecular flexibility index (Phi) is 4.03. The predicted octanol–water partition coefficient (Wildman–Crippen LogP) is 1.89. The molecule has 1 N–H and O–H groups in total. The predicted molar refractivity (Wildman–Crippen MR) is 77.4 cm³/mol. The normalized spacial score (nSPS) is 19.7. The molecule has 5 nitrogen and oxygen atoms in total. The number of halogens is 2. The van der Waals surface area contributed by atoms with Crippen LogP contribution in [0.25, 0.3) is 0 Å². The van der Waals surface area contributed by atoms with Crippen molar-refractivity contribution in [1.29, 1.82) is 0 Å². The maximum Gasteiger partial charge on any atom is 0.245 e. The Labute approximate surface area is 127 Å². The minimum Gasteiger partial charge on any atom is -0.353 e. The second-order valence-corrected chi connectivity index (χ2v) is 7.64. The van der Waals surface area contributed by atoms with Crippen LogP contribution in [0.15, 0.2) is 23.1 Å². The van der Waals surface area contributed by atoms with Crippen LogP contribution in [0.5, 0.6) is 0 Å². The lowest BCUT2D eigenvalue weighted by atomic mass is 10.0. The number of piperazine rings is 1. The molecule has 20 heavy (non-hydrogen) atoms. The maximum atomic E-state index is 12.7. The molecule has 8 heteroatoms. The Morgan fingerprint density at radius 3 is 2.60 bits per heavy atom. The summed E-state index contributed by atoms with van der Waals surface area (Å²) in [7, 11) is -3.90. The first-order chi connectivity index (χ1) is 9.17. The van der Waals surface area contributed by atoms with Crippen LogP contribution < -0.4 is 5.32 Å². The van der Waals surface area contributed by atoms with Gasteiger partial charge in [-0.15, -0.1) is 0 Å². The monoisotopic (exact) mass is 336 g/mol. The second kappa shape index (κ2) is 5.18. The van der Waals surface area contributed by atoms with Crippen LogP contribution >= 0.6 is 23.2 Å². The first kappa shape index (κ1) is 15.6. The van der Waals surface area contributed by atoms with E-state index in [1.165, 1.54) is 18.2 Å². The molecular weight excluding hydrogens is 323 g/mol. The summed E-state index contributed by atoms with van der Waals surface area (Å²) >= 11 is 11.8. The molecule has 2 rings (SSSR count). The first-order valence-electron chi connectivity index (χ1n) is 5.93. The molecule has 0 spiro atoms. The van der Waals surface area contributed by atoms with Crippen molar-refractivity contribution in [2.45, 2.75) is 24.3 Å². The fourth-order valence-corrected chi connectivity index (χ4v) is 4.58. The molecule has 1 heterocycles. The first-order valence-corrected chi connectivity index (χ1v) is 8.13. The second-order valence-electron chi connectivity index (χ2n) is 4.97. The molecule has 1 aromatic rings. The standard InChI is InChI=1S/C12H14Cl2N2O3S/c1-12(2)11(17)15-5-6-16(12)20(18,19)10-7-8(13)3-4-9(10)14/h3-4,7H,5-6H2,1-2H3,(H,15,17). The highest BCUT2D eigenvalue weighted by molar-refractivity contribution is 7.89. The minimum absolute atomic E-state index is 0.0798. The van der Waals surface area contributed by atoms with Crippen molar-refractivity contribution in [2.24, 2.45) is 0 Å². The van der Waals surface area contributed by atoms with Gasteiger partial charge in [-0.2, -0.15) is 4.31 Å². The fourth-order valence-electron chi connectivity index (χ4n) is 2.09. The van der Waals surface area contributed by atoms with Crippen LogP contribution in [0.3, 0.4) is 0 Å².